The summed E-state index contributed by atoms with van der Waals surface area (Å²) in [6.45, 7) is 7.11. The number of nitrogens with zero attached hydrogens (tertiary/aromatic N) is 2. The van der Waals surface area contributed by atoms with Gasteiger partial charge in [-0.2, -0.15) is 0 Å². The SMILES string of the molecule is COCc1c(S(C)(=O)=O)nc(C(c2ccc(F)c(Cl)c2)c2ccc(F)c(Cl)c2)n1COCC[Si](C)(C)C. The third-order valence-corrected chi connectivity index (χ3v) is 9.04. The molecule has 6 nitrogen and oxygen atoms in total. The maximum absolute atomic E-state index is 14.1. The van der Waals surface area contributed by atoms with Gasteiger partial charge in [-0.3, -0.25) is 0 Å². The molecule has 37 heavy (non-hydrogen) atoms. The first kappa shape index (κ1) is 29.7. The van der Waals surface area contributed by atoms with E-state index in [4.69, 9.17) is 32.7 Å². The Bertz CT molecular complexity index is 1330. The van der Waals surface area contributed by atoms with Crippen LogP contribution in [0.1, 0.15) is 28.6 Å². The molecule has 0 fully saturated rings. The molecule has 0 saturated carbocycles. The number of benzene rings is 2. The molecule has 0 N–H and O–H groups in total. The summed E-state index contributed by atoms with van der Waals surface area (Å²) in [4.78, 5) is 4.53. The van der Waals surface area contributed by atoms with Crippen LogP contribution in [-0.4, -0.2) is 46.0 Å². The molecule has 0 bridgehead atoms. The third kappa shape index (κ3) is 7.39. The quantitative estimate of drug-likeness (QED) is 0.188. The second kappa shape index (κ2) is 11.9. The van der Waals surface area contributed by atoms with E-state index in [0.717, 1.165) is 12.3 Å². The number of rotatable bonds is 11. The molecule has 0 aliphatic carbocycles. The lowest BCUT2D eigenvalue weighted by Gasteiger charge is -2.22. The van der Waals surface area contributed by atoms with Gasteiger partial charge < -0.3 is 14.0 Å². The third-order valence-electron chi connectivity index (χ3n) is 5.73. The van der Waals surface area contributed by atoms with Crippen LogP contribution in [0.3, 0.4) is 0 Å². The predicted molar refractivity (Wildman–Crippen MR) is 144 cm³/mol. The first-order valence-corrected chi connectivity index (χ1v) is 17.8. The van der Waals surface area contributed by atoms with Crippen LogP contribution in [0.25, 0.3) is 0 Å². The Kier molecular flexibility index (Phi) is 9.58. The number of ether oxygens (including phenoxy) is 2. The van der Waals surface area contributed by atoms with Gasteiger partial charge in [-0.05, 0) is 41.4 Å². The zero-order valence-corrected chi connectivity index (χ0v) is 24.6. The maximum atomic E-state index is 14.1. The highest BCUT2D eigenvalue weighted by Gasteiger charge is 2.31. The summed E-state index contributed by atoms with van der Waals surface area (Å²) in [5, 5.41) is -0.411. The summed E-state index contributed by atoms with van der Waals surface area (Å²) in [6, 6.07) is 9.22. The van der Waals surface area contributed by atoms with Gasteiger partial charge in [0.25, 0.3) is 0 Å². The number of halogens is 4. The summed E-state index contributed by atoms with van der Waals surface area (Å²) in [7, 11) is -3.70. The number of hydrogen-bond acceptors (Lipinski definition) is 5. The van der Waals surface area contributed by atoms with Gasteiger partial charge in [0.2, 0.25) is 0 Å². The zero-order valence-electron chi connectivity index (χ0n) is 21.3. The van der Waals surface area contributed by atoms with Gasteiger partial charge in [-0.25, -0.2) is 22.2 Å². The van der Waals surface area contributed by atoms with Crippen molar-refractivity contribution in [2.24, 2.45) is 0 Å². The van der Waals surface area contributed by atoms with Gasteiger partial charge in [-0.15, -0.1) is 0 Å². The van der Waals surface area contributed by atoms with E-state index in [-0.39, 0.29) is 34.2 Å². The number of imidazole rings is 1. The van der Waals surface area contributed by atoms with Crippen LogP contribution in [-0.2, 0) is 32.6 Å². The fraction of sp³-hybridized carbons (Fsp3) is 0.400. The Morgan fingerprint density at radius 1 is 1.03 bits per heavy atom. The molecule has 0 saturated heterocycles. The second-order valence-electron chi connectivity index (χ2n) is 9.98. The van der Waals surface area contributed by atoms with Crippen LogP contribution in [0.2, 0.25) is 35.7 Å². The molecule has 3 rings (SSSR count). The molecular weight excluding hydrogens is 561 g/mol. The Labute approximate surface area is 227 Å². The van der Waals surface area contributed by atoms with E-state index in [2.05, 4.69) is 24.6 Å². The lowest BCUT2D eigenvalue weighted by Crippen LogP contribution is -2.23. The first-order chi connectivity index (χ1) is 17.2. The Morgan fingerprint density at radius 3 is 2.00 bits per heavy atom. The molecule has 0 aliphatic rings. The average molecular weight is 592 g/mol. The van der Waals surface area contributed by atoms with Crippen molar-refractivity contribution in [3.05, 3.63) is 80.7 Å². The molecule has 3 aromatic rings. The van der Waals surface area contributed by atoms with E-state index in [9.17, 15) is 17.2 Å². The van der Waals surface area contributed by atoms with Crippen molar-refractivity contribution < 1.29 is 26.7 Å². The normalized spacial score (nSPS) is 12.5. The van der Waals surface area contributed by atoms with Crippen molar-refractivity contribution in [1.29, 1.82) is 0 Å². The van der Waals surface area contributed by atoms with Gasteiger partial charge in [0.15, 0.2) is 14.9 Å². The van der Waals surface area contributed by atoms with Gasteiger partial charge in [0, 0.05) is 28.0 Å². The highest BCUT2D eigenvalue weighted by Crippen LogP contribution is 2.37. The topological polar surface area (TPSA) is 70.4 Å². The van der Waals surface area contributed by atoms with Crippen LogP contribution >= 0.6 is 23.2 Å². The van der Waals surface area contributed by atoms with Crippen molar-refractivity contribution in [1.82, 2.24) is 9.55 Å². The molecule has 0 aliphatic heterocycles. The molecule has 1 aromatic heterocycles. The predicted octanol–water partition coefficient (Wildman–Crippen LogP) is 6.51. The van der Waals surface area contributed by atoms with Crippen molar-refractivity contribution in [2.45, 2.75) is 50.0 Å². The van der Waals surface area contributed by atoms with E-state index < -0.39 is 35.5 Å². The second-order valence-corrected chi connectivity index (χ2v) is 18.3. The maximum Gasteiger partial charge on any atom is 0.194 e. The van der Waals surface area contributed by atoms with Crippen LogP contribution in [0.15, 0.2) is 41.4 Å². The van der Waals surface area contributed by atoms with Gasteiger partial charge in [-0.1, -0.05) is 55.0 Å². The lowest BCUT2D eigenvalue weighted by atomic mass is 9.90. The van der Waals surface area contributed by atoms with Crippen LogP contribution < -0.4 is 0 Å². The molecule has 12 heteroatoms. The van der Waals surface area contributed by atoms with Crippen molar-refractivity contribution in [3.8, 4) is 0 Å². The molecule has 0 amide bonds. The van der Waals surface area contributed by atoms with E-state index in [1.165, 1.54) is 43.5 Å². The monoisotopic (exact) mass is 590 g/mol. The summed E-state index contributed by atoms with van der Waals surface area (Å²) in [6.07, 6.45) is 1.06. The largest absolute Gasteiger partial charge is 0.378 e. The van der Waals surface area contributed by atoms with Gasteiger partial charge in [0.05, 0.1) is 28.3 Å². The number of aromatic nitrogens is 2. The Hall–Kier alpha value is -1.82. The van der Waals surface area contributed by atoms with Gasteiger partial charge >= 0.3 is 0 Å². The van der Waals surface area contributed by atoms with Crippen LogP contribution in [0, 0.1) is 11.6 Å². The number of hydrogen-bond donors (Lipinski definition) is 0. The standard InChI is InChI=1S/C25H30Cl2F2N2O4SSi/c1-34-14-22-25(36(2,32)33)30-24(31(22)15-35-10-11-37(3,4)5)23(16-6-8-20(28)18(26)12-16)17-7-9-21(29)19(27)13-17/h6-9,12-13,23H,10-11,14-15H2,1-5H3. The molecular formula is C25H30Cl2F2N2O4SSi. The van der Waals surface area contributed by atoms with E-state index in [1.807, 2.05) is 0 Å². The van der Waals surface area contributed by atoms with E-state index in [1.54, 1.807) is 4.57 Å². The molecule has 0 radical (unpaired) electrons. The highest BCUT2D eigenvalue weighted by molar-refractivity contribution is 7.90. The van der Waals surface area contributed by atoms with Crippen LogP contribution in [0.4, 0.5) is 8.78 Å². The molecule has 0 atom stereocenters. The minimum atomic E-state index is -3.77. The summed E-state index contributed by atoms with van der Waals surface area (Å²) in [5.74, 6) is -1.72. The minimum absolute atomic E-state index is 0.00137. The fourth-order valence-corrected chi connectivity index (χ4v) is 5.82. The van der Waals surface area contributed by atoms with Crippen molar-refractivity contribution in [2.75, 3.05) is 20.0 Å². The van der Waals surface area contributed by atoms with E-state index >= 15 is 0 Å². The zero-order chi connectivity index (χ0) is 27.5. The molecule has 0 spiro atoms. The average Bonchev–Trinajstić information content (AvgIpc) is 3.14. The summed E-state index contributed by atoms with van der Waals surface area (Å²) >= 11 is 12.2. The highest BCUT2D eigenvalue weighted by atomic mass is 35.5. The summed E-state index contributed by atoms with van der Waals surface area (Å²) in [5.41, 5.74) is 1.32. The summed E-state index contributed by atoms with van der Waals surface area (Å²) < 4.78 is 66.5. The Balaban J connectivity index is 2.26. The van der Waals surface area contributed by atoms with E-state index in [0.29, 0.717) is 23.4 Å². The Morgan fingerprint density at radius 2 is 1.57 bits per heavy atom. The first-order valence-electron chi connectivity index (χ1n) is 11.5. The van der Waals surface area contributed by atoms with Crippen molar-refractivity contribution >= 4 is 41.1 Å². The molecule has 0 unspecified atom stereocenters. The molecule has 2 aromatic carbocycles. The number of sulfone groups is 1. The number of methoxy groups -OCH3 is 1. The van der Waals surface area contributed by atoms with Crippen molar-refractivity contribution in [3.63, 3.8) is 0 Å². The molecule has 202 valence electrons. The lowest BCUT2D eigenvalue weighted by molar-refractivity contribution is 0.0768. The minimum Gasteiger partial charge on any atom is -0.378 e. The molecule has 1 heterocycles. The van der Waals surface area contributed by atoms with Gasteiger partial charge in [0.1, 0.15) is 24.2 Å². The smallest absolute Gasteiger partial charge is 0.194 e. The fourth-order valence-electron chi connectivity index (χ4n) is 3.83. The van der Waals surface area contributed by atoms with Crippen LogP contribution in [0.5, 0.6) is 0 Å².